The monoisotopic (exact) mass is 392 g/mol. The number of piperazine rings is 1. The molecular weight excluding hydrogens is 369 g/mol. The van der Waals surface area contributed by atoms with Crippen molar-refractivity contribution in [1.82, 2.24) is 9.80 Å². The minimum absolute atomic E-state index is 0.0172. The molecule has 0 spiro atoms. The summed E-state index contributed by atoms with van der Waals surface area (Å²) in [6.45, 7) is 2.35. The maximum absolute atomic E-state index is 13.2. The van der Waals surface area contributed by atoms with Gasteiger partial charge in [-0.15, -0.1) is 0 Å². The lowest BCUT2D eigenvalue weighted by Gasteiger charge is -2.35. The number of rotatable bonds is 5. The molecule has 1 saturated heterocycles. The fourth-order valence-electron chi connectivity index (χ4n) is 3.40. The third-order valence-corrected chi connectivity index (χ3v) is 4.93. The highest BCUT2D eigenvalue weighted by molar-refractivity contribution is 5.79. The zero-order chi connectivity index (χ0) is 20.1. The largest absolute Gasteiger partial charge is 0.497 e. The van der Waals surface area contributed by atoms with Crippen LogP contribution in [0, 0.1) is 0 Å². The Kier molecular flexibility index (Phi) is 6.24. The molecule has 1 fully saturated rings. The van der Waals surface area contributed by atoms with Gasteiger partial charge in [0.2, 0.25) is 5.91 Å². The summed E-state index contributed by atoms with van der Waals surface area (Å²) in [7, 11) is 1.58. The fraction of sp³-hybridized carbons (Fsp3) is 0.381. The highest BCUT2D eigenvalue weighted by atomic mass is 19.4. The molecule has 0 N–H and O–H groups in total. The van der Waals surface area contributed by atoms with Crippen LogP contribution < -0.4 is 4.74 Å². The van der Waals surface area contributed by atoms with Crippen molar-refractivity contribution in [3.05, 3.63) is 65.2 Å². The normalized spacial score (nSPS) is 15.5. The molecule has 1 amide bonds. The summed E-state index contributed by atoms with van der Waals surface area (Å²) in [5.74, 6) is 0.724. The SMILES string of the molecule is COc1cccc(CC(=O)N2CCN(Cc3ccccc3C(F)(F)F)CC2)c1. The predicted octanol–water partition coefficient (Wildman–Crippen LogP) is 3.60. The van der Waals surface area contributed by atoms with Gasteiger partial charge in [-0.05, 0) is 29.3 Å². The van der Waals surface area contributed by atoms with Crippen LogP contribution in [0.2, 0.25) is 0 Å². The lowest BCUT2D eigenvalue weighted by Crippen LogP contribution is -2.48. The summed E-state index contributed by atoms with van der Waals surface area (Å²) in [6, 6.07) is 13.0. The number of benzene rings is 2. The zero-order valence-corrected chi connectivity index (χ0v) is 15.7. The van der Waals surface area contributed by atoms with Gasteiger partial charge in [0.25, 0.3) is 0 Å². The molecule has 7 heteroatoms. The Labute approximate surface area is 162 Å². The first kappa shape index (κ1) is 20.2. The first-order valence-electron chi connectivity index (χ1n) is 9.15. The van der Waals surface area contributed by atoms with Gasteiger partial charge < -0.3 is 9.64 Å². The van der Waals surface area contributed by atoms with E-state index in [1.165, 1.54) is 12.1 Å². The number of carbonyl (C=O) groups excluding carboxylic acids is 1. The van der Waals surface area contributed by atoms with E-state index in [2.05, 4.69) is 0 Å². The van der Waals surface area contributed by atoms with Crippen molar-refractivity contribution in [3.63, 3.8) is 0 Å². The van der Waals surface area contributed by atoms with Gasteiger partial charge in [-0.1, -0.05) is 30.3 Å². The molecule has 0 aromatic heterocycles. The average molecular weight is 392 g/mol. The molecule has 0 unspecified atom stereocenters. The number of halogens is 3. The lowest BCUT2D eigenvalue weighted by molar-refractivity contribution is -0.138. The van der Waals surface area contributed by atoms with E-state index < -0.39 is 11.7 Å². The molecule has 1 heterocycles. The van der Waals surface area contributed by atoms with Gasteiger partial charge in [0, 0.05) is 32.7 Å². The first-order valence-corrected chi connectivity index (χ1v) is 9.15. The topological polar surface area (TPSA) is 32.8 Å². The number of nitrogens with zero attached hydrogens (tertiary/aromatic N) is 2. The Balaban J connectivity index is 1.55. The molecule has 0 bridgehead atoms. The summed E-state index contributed by atoms with van der Waals surface area (Å²) < 4.78 is 44.6. The van der Waals surface area contributed by atoms with Crippen molar-refractivity contribution in [2.75, 3.05) is 33.3 Å². The Bertz CT molecular complexity index is 815. The van der Waals surface area contributed by atoms with Crippen molar-refractivity contribution in [1.29, 1.82) is 0 Å². The van der Waals surface area contributed by atoms with E-state index in [0.29, 0.717) is 31.9 Å². The Morgan fingerprint density at radius 2 is 1.75 bits per heavy atom. The van der Waals surface area contributed by atoms with Crippen LogP contribution in [-0.4, -0.2) is 49.0 Å². The second kappa shape index (κ2) is 8.65. The molecule has 1 aliphatic heterocycles. The van der Waals surface area contributed by atoms with Crippen molar-refractivity contribution in [2.24, 2.45) is 0 Å². The van der Waals surface area contributed by atoms with E-state index in [4.69, 9.17) is 4.74 Å². The number of carbonyl (C=O) groups is 1. The maximum Gasteiger partial charge on any atom is 0.416 e. The number of ether oxygens (including phenoxy) is 1. The van der Waals surface area contributed by atoms with Gasteiger partial charge in [-0.25, -0.2) is 0 Å². The first-order chi connectivity index (χ1) is 13.4. The highest BCUT2D eigenvalue weighted by Crippen LogP contribution is 2.32. The summed E-state index contributed by atoms with van der Waals surface area (Å²) in [5.41, 5.74) is 0.559. The van der Waals surface area contributed by atoms with Crippen LogP contribution in [-0.2, 0) is 23.9 Å². The molecule has 2 aromatic rings. The van der Waals surface area contributed by atoms with Crippen molar-refractivity contribution in [3.8, 4) is 5.75 Å². The second-order valence-electron chi connectivity index (χ2n) is 6.84. The van der Waals surface area contributed by atoms with E-state index in [-0.39, 0.29) is 24.4 Å². The van der Waals surface area contributed by atoms with E-state index in [1.807, 2.05) is 29.2 Å². The van der Waals surface area contributed by atoms with E-state index >= 15 is 0 Å². The third kappa shape index (κ3) is 5.04. The van der Waals surface area contributed by atoms with Crippen LogP contribution >= 0.6 is 0 Å². The van der Waals surface area contributed by atoms with Gasteiger partial charge in [0.05, 0.1) is 19.1 Å². The number of hydrogen-bond acceptors (Lipinski definition) is 3. The molecule has 0 atom stereocenters. The number of alkyl halides is 3. The minimum atomic E-state index is -4.36. The molecule has 28 heavy (non-hydrogen) atoms. The molecule has 150 valence electrons. The highest BCUT2D eigenvalue weighted by Gasteiger charge is 2.33. The molecule has 0 saturated carbocycles. The fourth-order valence-corrected chi connectivity index (χ4v) is 3.40. The van der Waals surface area contributed by atoms with Crippen LogP contribution in [0.15, 0.2) is 48.5 Å². The average Bonchev–Trinajstić information content (AvgIpc) is 2.68. The van der Waals surface area contributed by atoms with E-state index in [0.717, 1.165) is 11.6 Å². The zero-order valence-electron chi connectivity index (χ0n) is 15.7. The Morgan fingerprint density at radius 3 is 2.43 bits per heavy atom. The number of amides is 1. The smallest absolute Gasteiger partial charge is 0.416 e. The minimum Gasteiger partial charge on any atom is -0.497 e. The predicted molar refractivity (Wildman–Crippen MR) is 100.0 cm³/mol. The summed E-state index contributed by atoms with van der Waals surface area (Å²) in [4.78, 5) is 16.3. The van der Waals surface area contributed by atoms with Crippen LogP contribution in [0.4, 0.5) is 13.2 Å². The van der Waals surface area contributed by atoms with E-state index in [9.17, 15) is 18.0 Å². The Hall–Kier alpha value is -2.54. The number of methoxy groups -OCH3 is 1. The second-order valence-corrected chi connectivity index (χ2v) is 6.84. The maximum atomic E-state index is 13.2. The molecule has 1 aliphatic rings. The van der Waals surface area contributed by atoms with Gasteiger partial charge in [0.1, 0.15) is 5.75 Å². The molecule has 2 aromatic carbocycles. The lowest BCUT2D eigenvalue weighted by atomic mass is 10.1. The Morgan fingerprint density at radius 1 is 1.04 bits per heavy atom. The molecular formula is C21H23F3N2O2. The van der Waals surface area contributed by atoms with Gasteiger partial charge in [-0.3, -0.25) is 9.69 Å². The van der Waals surface area contributed by atoms with Crippen LogP contribution in [0.25, 0.3) is 0 Å². The quantitative estimate of drug-likeness (QED) is 0.780. The van der Waals surface area contributed by atoms with Crippen LogP contribution in [0.1, 0.15) is 16.7 Å². The molecule has 3 rings (SSSR count). The van der Waals surface area contributed by atoms with Crippen molar-refractivity contribution >= 4 is 5.91 Å². The van der Waals surface area contributed by atoms with Gasteiger partial charge >= 0.3 is 6.18 Å². The van der Waals surface area contributed by atoms with Crippen LogP contribution in [0.3, 0.4) is 0 Å². The molecule has 0 radical (unpaired) electrons. The van der Waals surface area contributed by atoms with Crippen molar-refractivity contribution in [2.45, 2.75) is 19.1 Å². The van der Waals surface area contributed by atoms with Crippen LogP contribution in [0.5, 0.6) is 5.75 Å². The summed E-state index contributed by atoms with van der Waals surface area (Å²) >= 11 is 0. The third-order valence-electron chi connectivity index (χ3n) is 4.93. The van der Waals surface area contributed by atoms with Gasteiger partial charge in [-0.2, -0.15) is 13.2 Å². The summed E-state index contributed by atoms with van der Waals surface area (Å²) in [6.07, 6.45) is -4.07. The molecule has 4 nitrogen and oxygen atoms in total. The van der Waals surface area contributed by atoms with Gasteiger partial charge in [0.15, 0.2) is 0 Å². The summed E-state index contributed by atoms with van der Waals surface area (Å²) in [5, 5.41) is 0. The number of hydrogen-bond donors (Lipinski definition) is 0. The van der Waals surface area contributed by atoms with Crippen molar-refractivity contribution < 1.29 is 22.7 Å². The van der Waals surface area contributed by atoms with E-state index in [1.54, 1.807) is 18.1 Å². The standard InChI is InChI=1S/C21H23F3N2O2/c1-28-18-7-4-5-16(13-18)14-20(27)26-11-9-25(10-12-26)15-17-6-2-3-8-19(17)21(22,23)24/h2-8,13H,9-12,14-15H2,1H3. The molecule has 0 aliphatic carbocycles.